The van der Waals surface area contributed by atoms with Crippen molar-refractivity contribution in [1.82, 2.24) is 0 Å². The highest BCUT2D eigenvalue weighted by Crippen LogP contribution is 2.06. The Hall–Kier alpha value is -1.96. The van der Waals surface area contributed by atoms with Gasteiger partial charge in [0.15, 0.2) is 0 Å². The van der Waals surface area contributed by atoms with Gasteiger partial charge in [-0.25, -0.2) is 0 Å². The van der Waals surface area contributed by atoms with Gasteiger partial charge in [0.25, 0.3) is 0 Å². The standard InChI is InChI=1S/C13H14N2.CH4/c1-3-7-12(8-4-1)14-11-15-13-9-5-2-6-10-13;/h1-10,14-15H,11H2;1H4. The van der Waals surface area contributed by atoms with Crippen LogP contribution in [0.4, 0.5) is 11.4 Å². The Kier molecular flexibility index (Phi) is 4.93. The van der Waals surface area contributed by atoms with Gasteiger partial charge >= 0.3 is 0 Å². The van der Waals surface area contributed by atoms with Crippen molar-refractivity contribution in [3.63, 3.8) is 0 Å². The molecule has 0 amide bonds. The van der Waals surface area contributed by atoms with E-state index in [9.17, 15) is 0 Å². The lowest BCUT2D eigenvalue weighted by molar-refractivity contribution is 1.22. The molecule has 0 aliphatic rings. The minimum Gasteiger partial charge on any atom is -0.368 e. The highest BCUT2D eigenvalue weighted by molar-refractivity contribution is 5.46. The predicted octanol–water partition coefficient (Wildman–Crippen LogP) is 3.80. The van der Waals surface area contributed by atoms with Crippen molar-refractivity contribution in [1.29, 1.82) is 0 Å². The molecule has 84 valence electrons. The molecule has 0 aliphatic carbocycles. The van der Waals surface area contributed by atoms with Gasteiger partial charge in [0.05, 0.1) is 6.67 Å². The first-order valence-electron chi connectivity index (χ1n) is 5.03. The predicted molar refractivity (Wildman–Crippen MR) is 71.7 cm³/mol. The topological polar surface area (TPSA) is 24.1 Å². The Morgan fingerprint density at radius 1 is 0.625 bits per heavy atom. The van der Waals surface area contributed by atoms with Crippen LogP contribution in [-0.4, -0.2) is 6.67 Å². The Morgan fingerprint density at radius 3 is 1.38 bits per heavy atom. The second-order valence-electron chi connectivity index (χ2n) is 3.26. The SMILES string of the molecule is C.c1ccc(NCNc2ccccc2)cc1. The lowest BCUT2D eigenvalue weighted by atomic mass is 10.3. The Morgan fingerprint density at radius 2 is 1.00 bits per heavy atom. The number of hydrogen-bond acceptors (Lipinski definition) is 2. The minimum atomic E-state index is 0. The van der Waals surface area contributed by atoms with Crippen LogP contribution in [-0.2, 0) is 0 Å². The molecule has 0 spiro atoms. The monoisotopic (exact) mass is 214 g/mol. The number of para-hydroxylation sites is 2. The Balaban J connectivity index is 0.00000128. The van der Waals surface area contributed by atoms with Gasteiger partial charge in [-0.1, -0.05) is 43.8 Å². The van der Waals surface area contributed by atoms with E-state index in [-0.39, 0.29) is 7.43 Å². The number of nitrogens with one attached hydrogen (secondary N) is 2. The van der Waals surface area contributed by atoms with E-state index in [0.717, 1.165) is 18.0 Å². The molecule has 2 aromatic carbocycles. The summed E-state index contributed by atoms with van der Waals surface area (Å²) in [7, 11) is 0. The normalized spacial score (nSPS) is 9.00. The summed E-state index contributed by atoms with van der Waals surface area (Å²) in [6.07, 6.45) is 0. The zero-order chi connectivity index (χ0) is 10.3. The summed E-state index contributed by atoms with van der Waals surface area (Å²) >= 11 is 0. The molecule has 16 heavy (non-hydrogen) atoms. The van der Waals surface area contributed by atoms with Crippen LogP contribution in [0.2, 0.25) is 0 Å². The van der Waals surface area contributed by atoms with Crippen LogP contribution in [0.3, 0.4) is 0 Å². The largest absolute Gasteiger partial charge is 0.368 e. The lowest BCUT2D eigenvalue weighted by Gasteiger charge is -2.08. The smallest absolute Gasteiger partial charge is 0.0849 e. The van der Waals surface area contributed by atoms with Gasteiger partial charge in [-0.15, -0.1) is 0 Å². The van der Waals surface area contributed by atoms with E-state index in [2.05, 4.69) is 10.6 Å². The molecular formula is C14H18N2. The molecule has 0 aliphatic heterocycles. The van der Waals surface area contributed by atoms with E-state index >= 15 is 0 Å². The summed E-state index contributed by atoms with van der Waals surface area (Å²) < 4.78 is 0. The second-order valence-corrected chi connectivity index (χ2v) is 3.26. The Bertz CT molecular complexity index is 344. The molecule has 0 fully saturated rings. The molecule has 0 saturated carbocycles. The zero-order valence-corrected chi connectivity index (χ0v) is 8.48. The molecular weight excluding hydrogens is 196 g/mol. The van der Waals surface area contributed by atoms with Gasteiger partial charge in [0, 0.05) is 11.4 Å². The maximum absolute atomic E-state index is 3.28. The van der Waals surface area contributed by atoms with E-state index in [4.69, 9.17) is 0 Å². The van der Waals surface area contributed by atoms with Crippen molar-refractivity contribution in [2.75, 3.05) is 17.3 Å². The van der Waals surface area contributed by atoms with Gasteiger partial charge < -0.3 is 10.6 Å². The third-order valence-corrected chi connectivity index (χ3v) is 2.13. The molecule has 0 unspecified atom stereocenters. The van der Waals surface area contributed by atoms with Crippen molar-refractivity contribution in [2.24, 2.45) is 0 Å². The van der Waals surface area contributed by atoms with E-state index in [1.807, 2.05) is 60.7 Å². The maximum Gasteiger partial charge on any atom is 0.0849 e. The van der Waals surface area contributed by atoms with Crippen molar-refractivity contribution < 1.29 is 0 Å². The van der Waals surface area contributed by atoms with Gasteiger partial charge in [-0.2, -0.15) is 0 Å². The van der Waals surface area contributed by atoms with Crippen molar-refractivity contribution in [3.05, 3.63) is 60.7 Å². The van der Waals surface area contributed by atoms with Crippen LogP contribution in [0.15, 0.2) is 60.7 Å². The van der Waals surface area contributed by atoms with Gasteiger partial charge in [-0.3, -0.25) is 0 Å². The molecule has 0 bridgehead atoms. The lowest BCUT2D eigenvalue weighted by Crippen LogP contribution is -2.11. The molecule has 2 aromatic rings. The van der Waals surface area contributed by atoms with Crippen molar-refractivity contribution in [2.45, 2.75) is 7.43 Å². The molecule has 0 radical (unpaired) electrons. The third kappa shape index (κ3) is 3.65. The highest BCUT2D eigenvalue weighted by atomic mass is 15.1. The van der Waals surface area contributed by atoms with E-state index in [1.165, 1.54) is 0 Å². The van der Waals surface area contributed by atoms with Gasteiger partial charge in [0.2, 0.25) is 0 Å². The number of benzene rings is 2. The average molecular weight is 214 g/mol. The summed E-state index contributed by atoms with van der Waals surface area (Å²) in [4.78, 5) is 0. The fourth-order valence-electron chi connectivity index (χ4n) is 1.36. The highest BCUT2D eigenvalue weighted by Gasteiger charge is 1.89. The number of hydrogen-bond donors (Lipinski definition) is 2. The van der Waals surface area contributed by atoms with Crippen LogP contribution in [0, 0.1) is 0 Å². The van der Waals surface area contributed by atoms with Crippen LogP contribution >= 0.6 is 0 Å². The zero-order valence-electron chi connectivity index (χ0n) is 8.48. The molecule has 0 atom stereocenters. The van der Waals surface area contributed by atoms with Gasteiger partial charge in [-0.05, 0) is 24.3 Å². The fourth-order valence-corrected chi connectivity index (χ4v) is 1.36. The summed E-state index contributed by atoms with van der Waals surface area (Å²) in [6.45, 7) is 0.730. The summed E-state index contributed by atoms with van der Waals surface area (Å²) in [5, 5.41) is 6.56. The molecule has 2 rings (SSSR count). The average Bonchev–Trinajstić information content (AvgIpc) is 2.32. The van der Waals surface area contributed by atoms with Gasteiger partial charge in [0.1, 0.15) is 0 Å². The molecule has 0 aromatic heterocycles. The summed E-state index contributed by atoms with van der Waals surface area (Å²) in [6, 6.07) is 20.3. The fraction of sp³-hybridized carbons (Fsp3) is 0.143. The quantitative estimate of drug-likeness (QED) is 0.756. The van der Waals surface area contributed by atoms with Crippen molar-refractivity contribution >= 4 is 11.4 Å². The van der Waals surface area contributed by atoms with E-state index < -0.39 is 0 Å². The first-order chi connectivity index (χ1) is 7.45. The molecule has 2 nitrogen and oxygen atoms in total. The molecule has 0 saturated heterocycles. The summed E-state index contributed by atoms with van der Waals surface area (Å²) in [5.41, 5.74) is 2.25. The maximum atomic E-state index is 3.28. The molecule has 2 N–H and O–H groups in total. The molecule has 0 heterocycles. The van der Waals surface area contributed by atoms with E-state index in [1.54, 1.807) is 0 Å². The number of rotatable bonds is 4. The second kappa shape index (κ2) is 6.51. The van der Waals surface area contributed by atoms with Crippen LogP contribution in [0.1, 0.15) is 7.43 Å². The van der Waals surface area contributed by atoms with E-state index in [0.29, 0.717) is 0 Å². The van der Waals surface area contributed by atoms with Crippen molar-refractivity contribution in [3.8, 4) is 0 Å². The first kappa shape index (κ1) is 12.1. The third-order valence-electron chi connectivity index (χ3n) is 2.13. The minimum absolute atomic E-state index is 0. The first-order valence-corrected chi connectivity index (χ1v) is 5.03. The number of anilines is 2. The Labute approximate surface area is 97.3 Å². The molecule has 2 heteroatoms. The van der Waals surface area contributed by atoms with Crippen LogP contribution < -0.4 is 10.6 Å². The van der Waals surface area contributed by atoms with Crippen LogP contribution in [0.25, 0.3) is 0 Å². The summed E-state index contributed by atoms with van der Waals surface area (Å²) in [5.74, 6) is 0. The van der Waals surface area contributed by atoms with Crippen LogP contribution in [0.5, 0.6) is 0 Å².